The van der Waals surface area contributed by atoms with E-state index in [4.69, 9.17) is 5.11 Å². The Labute approximate surface area is 149 Å². The van der Waals surface area contributed by atoms with Gasteiger partial charge in [0.2, 0.25) is 0 Å². The lowest BCUT2D eigenvalue weighted by atomic mass is 10.1. The van der Waals surface area contributed by atoms with E-state index in [2.05, 4.69) is 4.74 Å². The Morgan fingerprint density at radius 3 is 2.33 bits per heavy atom. The van der Waals surface area contributed by atoms with Crippen molar-refractivity contribution in [1.29, 1.82) is 0 Å². The quantitative estimate of drug-likeness (QED) is 0.464. The number of nitro groups is 1. The number of esters is 1. The molecule has 0 unspecified atom stereocenters. The number of rotatable bonds is 5. The number of hydrogen-bond acceptors (Lipinski definition) is 6. The van der Waals surface area contributed by atoms with Crippen molar-refractivity contribution in [1.82, 2.24) is 0 Å². The van der Waals surface area contributed by atoms with E-state index in [1.54, 1.807) is 0 Å². The zero-order valence-electron chi connectivity index (χ0n) is 13.3. The molecule has 0 saturated carbocycles. The predicted octanol–water partition coefficient (Wildman–Crippen LogP) is 3.11. The summed E-state index contributed by atoms with van der Waals surface area (Å²) in [6.45, 7) is -0.881. The smallest absolute Gasteiger partial charge is 0.418 e. The molecule has 0 radical (unpaired) electrons. The molecule has 0 fully saturated rings. The number of anilines is 1. The van der Waals surface area contributed by atoms with Crippen LogP contribution in [-0.4, -0.2) is 28.5 Å². The second-order valence-corrected chi connectivity index (χ2v) is 5.16. The number of nitro benzene ring substituents is 1. The average molecular weight is 384 g/mol. The summed E-state index contributed by atoms with van der Waals surface area (Å²) in [7, 11) is 0. The lowest BCUT2D eigenvalue weighted by Crippen LogP contribution is -2.22. The molecule has 2 aromatic rings. The van der Waals surface area contributed by atoms with Crippen LogP contribution in [0.25, 0.3) is 0 Å². The van der Waals surface area contributed by atoms with Crippen LogP contribution in [0.3, 0.4) is 0 Å². The van der Waals surface area contributed by atoms with Gasteiger partial charge in [-0.2, -0.15) is 13.2 Å². The summed E-state index contributed by atoms with van der Waals surface area (Å²) < 4.78 is 43.8. The highest BCUT2D eigenvalue weighted by Gasteiger charge is 2.35. The molecule has 0 spiro atoms. The van der Waals surface area contributed by atoms with Gasteiger partial charge in [0.15, 0.2) is 6.61 Å². The fourth-order valence-electron chi connectivity index (χ4n) is 1.99. The highest BCUT2D eigenvalue weighted by atomic mass is 19.4. The normalized spacial score (nSPS) is 10.9. The SMILES string of the molecule is O=C(COC(=O)c1ccc(O)cc1)Nc1ccc([N+](=O)[O-])cc1C(F)(F)F. The van der Waals surface area contributed by atoms with Gasteiger partial charge in [-0.3, -0.25) is 14.9 Å². The maximum absolute atomic E-state index is 13.0. The maximum atomic E-state index is 13.0. The van der Waals surface area contributed by atoms with E-state index < -0.39 is 46.5 Å². The van der Waals surface area contributed by atoms with Crippen molar-refractivity contribution in [3.8, 4) is 5.75 Å². The van der Waals surface area contributed by atoms with E-state index in [9.17, 15) is 32.9 Å². The molecule has 2 aromatic carbocycles. The number of phenols is 1. The molecule has 0 atom stereocenters. The Kier molecular flexibility index (Phi) is 5.63. The summed E-state index contributed by atoms with van der Waals surface area (Å²) in [6, 6.07) is 6.71. The third-order valence-corrected chi connectivity index (χ3v) is 3.23. The Morgan fingerprint density at radius 1 is 1.15 bits per heavy atom. The topological polar surface area (TPSA) is 119 Å². The number of aromatic hydroxyl groups is 1. The van der Waals surface area contributed by atoms with Gasteiger partial charge in [-0.05, 0) is 30.3 Å². The number of hydrogen-bond donors (Lipinski definition) is 2. The number of amides is 1. The van der Waals surface area contributed by atoms with Crippen LogP contribution < -0.4 is 5.32 Å². The summed E-state index contributed by atoms with van der Waals surface area (Å²) in [5.41, 5.74) is -2.89. The second kappa shape index (κ2) is 7.72. The molecular weight excluding hydrogens is 373 g/mol. The van der Waals surface area contributed by atoms with E-state index in [0.717, 1.165) is 12.1 Å². The van der Waals surface area contributed by atoms with Crippen LogP contribution in [0.5, 0.6) is 5.75 Å². The predicted molar refractivity (Wildman–Crippen MR) is 85.1 cm³/mol. The van der Waals surface area contributed by atoms with Crippen LogP contribution >= 0.6 is 0 Å². The molecule has 0 aliphatic heterocycles. The third-order valence-electron chi connectivity index (χ3n) is 3.23. The van der Waals surface area contributed by atoms with Gasteiger partial charge >= 0.3 is 12.1 Å². The van der Waals surface area contributed by atoms with Crippen molar-refractivity contribution < 1.29 is 37.5 Å². The Morgan fingerprint density at radius 2 is 1.78 bits per heavy atom. The van der Waals surface area contributed by atoms with Crippen LogP contribution in [0.2, 0.25) is 0 Å². The van der Waals surface area contributed by atoms with Crippen molar-refractivity contribution in [3.63, 3.8) is 0 Å². The number of carbonyl (C=O) groups excluding carboxylic acids is 2. The van der Waals surface area contributed by atoms with Gasteiger partial charge in [0, 0.05) is 12.1 Å². The molecule has 1 amide bonds. The molecule has 2 rings (SSSR count). The molecule has 8 nitrogen and oxygen atoms in total. The standard InChI is InChI=1S/C16H11F3N2O6/c17-16(18,19)12-7-10(21(25)26)3-6-13(12)20-14(23)8-27-15(24)9-1-4-11(22)5-2-9/h1-7,22H,8H2,(H,20,23). The Bertz CT molecular complexity index is 881. The van der Waals surface area contributed by atoms with E-state index >= 15 is 0 Å². The van der Waals surface area contributed by atoms with Gasteiger partial charge in [-0.15, -0.1) is 0 Å². The first-order valence-electron chi connectivity index (χ1n) is 7.19. The van der Waals surface area contributed by atoms with Crippen LogP contribution in [-0.2, 0) is 15.7 Å². The minimum atomic E-state index is -4.95. The number of ether oxygens (including phenoxy) is 1. The van der Waals surface area contributed by atoms with Gasteiger partial charge in [-0.25, -0.2) is 4.79 Å². The number of phenolic OH excluding ortho intramolecular Hbond substituents is 1. The molecule has 0 aliphatic carbocycles. The van der Waals surface area contributed by atoms with E-state index in [1.165, 1.54) is 24.3 Å². The Hall–Kier alpha value is -3.63. The zero-order valence-corrected chi connectivity index (χ0v) is 13.3. The van der Waals surface area contributed by atoms with E-state index in [1.807, 2.05) is 5.32 Å². The van der Waals surface area contributed by atoms with E-state index in [-0.39, 0.29) is 17.4 Å². The molecule has 11 heteroatoms. The molecule has 0 aliphatic rings. The van der Waals surface area contributed by atoms with E-state index in [0.29, 0.717) is 0 Å². The monoisotopic (exact) mass is 384 g/mol. The largest absolute Gasteiger partial charge is 0.508 e. The van der Waals surface area contributed by atoms with Crippen LogP contribution in [0.15, 0.2) is 42.5 Å². The molecule has 2 N–H and O–H groups in total. The molecule has 0 saturated heterocycles. The number of carbonyl (C=O) groups is 2. The number of benzene rings is 2. The first kappa shape index (κ1) is 19.7. The van der Waals surface area contributed by atoms with Crippen molar-refractivity contribution in [2.45, 2.75) is 6.18 Å². The van der Waals surface area contributed by atoms with Crippen molar-refractivity contribution in [2.24, 2.45) is 0 Å². The molecule has 0 heterocycles. The van der Waals surface area contributed by atoms with Crippen LogP contribution in [0, 0.1) is 10.1 Å². The molecule has 0 aromatic heterocycles. The maximum Gasteiger partial charge on any atom is 0.418 e. The lowest BCUT2D eigenvalue weighted by Gasteiger charge is -2.13. The van der Waals surface area contributed by atoms with Crippen molar-refractivity contribution >= 4 is 23.3 Å². The highest BCUT2D eigenvalue weighted by molar-refractivity contribution is 5.96. The van der Waals surface area contributed by atoms with Gasteiger partial charge < -0.3 is 15.2 Å². The first-order valence-corrected chi connectivity index (χ1v) is 7.19. The fourth-order valence-corrected chi connectivity index (χ4v) is 1.99. The first-order chi connectivity index (χ1) is 12.6. The molecule has 142 valence electrons. The third kappa shape index (κ3) is 5.17. The highest BCUT2D eigenvalue weighted by Crippen LogP contribution is 2.37. The summed E-state index contributed by atoms with van der Waals surface area (Å²) in [4.78, 5) is 33.1. The fraction of sp³-hybridized carbons (Fsp3) is 0.125. The minimum Gasteiger partial charge on any atom is -0.508 e. The zero-order chi connectivity index (χ0) is 20.2. The molecular formula is C16H11F3N2O6. The van der Waals surface area contributed by atoms with Crippen molar-refractivity contribution in [2.75, 3.05) is 11.9 Å². The summed E-state index contributed by atoms with van der Waals surface area (Å²) in [5, 5.41) is 21.6. The number of alkyl halides is 3. The molecule has 27 heavy (non-hydrogen) atoms. The number of nitrogens with zero attached hydrogens (tertiary/aromatic N) is 1. The van der Waals surface area contributed by atoms with Crippen LogP contribution in [0.4, 0.5) is 24.5 Å². The van der Waals surface area contributed by atoms with Crippen molar-refractivity contribution in [3.05, 3.63) is 63.7 Å². The van der Waals surface area contributed by atoms with Crippen LogP contribution in [0.1, 0.15) is 15.9 Å². The number of non-ortho nitro benzene ring substituents is 1. The lowest BCUT2D eigenvalue weighted by molar-refractivity contribution is -0.385. The number of halogens is 3. The van der Waals surface area contributed by atoms with Gasteiger partial charge in [0.05, 0.1) is 21.7 Å². The second-order valence-electron chi connectivity index (χ2n) is 5.16. The Balaban J connectivity index is 2.08. The summed E-state index contributed by atoms with van der Waals surface area (Å²) >= 11 is 0. The van der Waals surface area contributed by atoms with Gasteiger partial charge in [0.25, 0.3) is 11.6 Å². The summed E-state index contributed by atoms with van der Waals surface area (Å²) in [6.07, 6.45) is -4.95. The number of nitrogens with one attached hydrogen (secondary N) is 1. The average Bonchev–Trinajstić information content (AvgIpc) is 2.59. The summed E-state index contributed by atoms with van der Waals surface area (Å²) in [5.74, 6) is -2.09. The van der Waals surface area contributed by atoms with Gasteiger partial charge in [-0.1, -0.05) is 0 Å². The van der Waals surface area contributed by atoms with Gasteiger partial charge in [0.1, 0.15) is 5.75 Å². The molecule has 0 bridgehead atoms. The minimum absolute atomic E-state index is 0.0203.